The standard InChI is InChI=1S/C27H38FN9O2/c1-9-19-13-21(30-18(4)23(19)28)32-25-29-14-20(24(33-25)31-22-12-16(2)35(8)34-22)36-10-11-37(17(3)15-36)26(38)39-27(5,6)7/h12-14,17H,9-11,15H2,1-8H3,(H2,29,30,31,32,33,34)/t17-/m0/s1. The van der Waals surface area contributed by atoms with Gasteiger partial charge in [-0.1, -0.05) is 6.92 Å². The fourth-order valence-electron chi connectivity index (χ4n) is 4.43. The van der Waals surface area contributed by atoms with E-state index in [1.54, 1.807) is 28.8 Å². The lowest BCUT2D eigenvalue weighted by Crippen LogP contribution is -2.55. The summed E-state index contributed by atoms with van der Waals surface area (Å²) in [4.78, 5) is 30.2. The predicted octanol–water partition coefficient (Wildman–Crippen LogP) is 4.86. The lowest BCUT2D eigenvalue weighted by Gasteiger charge is -2.41. The number of pyridine rings is 1. The number of anilines is 5. The van der Waals surface area contributed by atoms with E-state index in [1.807, 2.05) is 54.7 Å². The number of aromatic nitrogens is 5. The van der Waals surface area contributed by atoms with Crippen LogP contribution < -0.4 is 15.5 Å². The number of nitrogens with one attached hydrogen (secondary N) is 2. The van der Waals surface area contributed by atoms with Gasteiger partial charge in [0.15, 0.2) is 11.6 Å². The van der Waals surface area contributed by atoms with Gasteiger partial charge >= 0.3 is 6.09 Å². The minimum absolute atomic E-state index is 0.0878. The van der Waals surface area contributed by atoms with Gasteiger partial charge in [0.25, 0.3) is 0 Å². The van der Waals surface area contributed by atoms with Crippen LogP contribution in [-0.2, 0) is 18.2 Å². The number of piperazine rings is 1. The Hall–Kier alpha value is -3.96. The number of aryl methyl sites for hydroxylation is 4. The SMILES string of the molecule is CCc1cc(Nc2ncc(N3CCN(C(=O)OC(C)(C)C)[C@@H](C)C3)c(Nc3cc(C)n(C)n3)n2)nc(C)c1F. The minimum atomic E-state index is -0.557. The Morgan fingerprint density at radius 3 is 2.51 bits per heavy atom. The number of nitrogens with zero attached hydrogens (tertiary/aromatic N) is 7. The van der Waals surface area contributed by atoms with E-state index in [0.717, 1.165) is 11.4 Å². The second kappa shape index (κ2) is 11.0. The van der Waals surface area contributed by atoms with Gasteiger partial charge in [-0.3, -0.25) is 4.68 Å². The van der Waals surface area contributed by atoms with Crippen molar-refractivity contribution in [3.8, 4) is 0 Å². The van der Waals surface area contributed by atoms with Crippen LogP contribution in [0.5, 0.6) is 0 Å². The molecule has 0 radical (unpaired) electrons. The molecule has 3 aromatic rings. The van der Waals surface area contributed by atoms with Crippen molar-refractivity contribution >= 4 is 35.2 Å². The molecule has 3 aromatic heterocycles. The van der Waals surface area contributed by atoms with Crippen LogP contribution in [0.25, 0.3) is 0 Å². The fraction of sp³-hybridized carbons (Fsp3) is 0.519. The molecule has 11 nitrogen and oxygen atoms in total. The van der Waals surface area contributed by atoms with Crippen molar-refractivity contribution in [2.45, 2.75) is 66.5 Å². The summed E-state index contributed by atoms with van der Waals surface area (Å²) in [6.07, 6.45) is 1.96. The quantitative estimate of drug-likeness (QED) is 0.453. The number of halogens is 1. The smallest absolute Gasteiger partial charge is 0.410 e. The minimum Gasteiger partial charge on any atom is -0.444 e. The van der Waals surface area contributed by atoms with Crippen molar-refractivity contribution in [1.82, 2.24) is 29.6 Å². The highest BCUT2D eigenvalue weighted by Crippen LogP contribution is 2.30. The molecule has 1 fully saturated rings. The first-order valence-corrected chi connectivity index (χ1v) is 13.2. The predicted molar refractivity (Wildman–Crippen MR) is 149 cm³/mol. The van der Waals surface area contributed by atoms with E-state index in [0.29, 0.717) is 60.7 Å². The Balaban J connectivity index is 1.61. The molecule has 0 aromatic carbocycles. The van der Waals surface area contributed by atoms with Crippen molar-refractivity contribution in [3.63, 3.8) is 0 Å². The summed E-state index contributed by atoms with van der Waals surface area (Å²) in [6.45, 7) is 14.7. The topological polar surface area (TPSA) is 113 Å². The van der Waals surface area contributed by atoms with Crippen molar-refractivity contribution in [2.75, 3.05) is 35.2 Å². The molecule has 39 heavy (non-hydrogen) atoms. The largest absolute Gasteiger partial charge is 0.444 e. The molecule has 1 aliphatic rings. The molecular weight excluding hydrogens is 501 g/mol. The highest BCUT2D eigenvalue weighted by atomic mass is 19.1. The van der Waals surface area contributed by atoms with Crippen LogP contribution in [0.2, 0.25) is 0 Å². The van der Waals surface area contributed by atoms with Crippen LogP contribution in [0.3, 0.4) is 0 Å². The monoisotopic (exact) mass is 539 g/mol. The summed E-state index contributed by atoms with van der Waals surface area (Å²) in [5.74, 6) is 1.68. The van der Waals surface area contributed by atoms with E-state index >= 15 is 0 Å². The third-order valence-electron chi connectivity index (χ3n) is 6.55. The van der Waals surface area contributed by atoms with Crippen LogP contribution in [0, 0.1) is 19.7 Å². The summed E-state index contributed by atoms with van der Waals surface area (Å²) in [6, 6.07) is 3.52. The molecular formula is C27H38FN9O2. The summed E-state index contributed by atoms with van der Waals surface area (Å²) in [7, 11) is 1.87. The maximum Gasteiger partial charge on any atom is 0.410 e. The zero-order valence-corrected chi connectivity index (χ0v) is 24.0. The molecule has 1 aliphatic heterocycles. The summed E-state index contributed by atoms with van der Waals surface area (Å²) < 4.78 is 21.7. The Morgan fingerprint density at radius 2 is 1.90 bits per heavy atom. The maximum atomic E-state index is 14.3. The number of carbonyl (C=O) groups excluding carboxylic acids is 1. The third-order valence-corrected chi connectivity index (χ3v) is 6.55. The van der Waals surface area contributed by atoms with Crippen molar-refractivity contribution < 1.29 is 13.9 Å². The average molecular weight is 540 g/mol. The molecule has 0 saturated carbocycles. The van der Waals surface area contributed by atoms with Crippen molar-refractivity contribution in [1.29, 1.82) is 0 Å². The lowest BCUT2D eigenvalue weighted by atomic mass is 10.1. The van der Waals surface area contributed by atoms with Gasteiger partial charge in [0, 0.05) is 44.5 Å². The number of rotatable bonds is 6. The van der Waals surface area contributed by atoms with Gasteiger partial charge in [-0.15, -0.1) is 0 Å². The third kappa shape index (κ3) is 6.55. The van der Waals surface area contributed by atoms with Gasteiger partial charge in [0.2, 0.25) is 5.95 Å². The second-order valence-corrected chi connectivity index (χ2v) is 10.9. The van der Waals surface area contributed by atoms with E-state index < -0.39 is 5.60 Å². The molecule has 1 atom stereocenters. The van der Waals surface area contributed by atoms with Crippen LogP contribution in [0.15, 0.2) is 18.3 Å². The number of amides is 1. The molecule has 4 rings (SSSR count). The zero-order chi connectivity index (χ0) is 28.5. The van der Waals surface area contributed by atoms with Gasteiger partial charge in [-0.05, 0) is 59.6 Å². The van der Waals surface area contributed by atoms with Gasteiger partial charge in [0.05, 0.1) is 17.6 Å². The van der Waals surface area contributed by atoms with Crippen LogP contribution in [0.1, 0.15) is 51.6 Å². The van der Waals surface area contributed by atoms with Crippen molar-refractivity contribution in [2.24, 2.45) is 7.05 Å². The van der Waals surface area contributed by atoms with Crippen molar-refractivity contribution in [3.05, 3.63) is 41.1 Å². The van der Waals surface area contributed by atoms with E-state index in [1.165, 1.54) is 0 Å². The molecule has 4 heterocycles. The first-order chi connectivity index (χ1) is 18.3. The molecule has 1 saturated heterocycles. The van der Waals surface area contributed by atoms with E-state index in [9.17, 15) is 9.18 Å². The van der Waals surface area contributed by atoms with E-state index in [2.05, 4.69) is 30.6 Å². The van der Waals surface area contributed by atoms with Crippen LogP contribution in [-0.4, -0.2) is 67.0 Å². The first-order valence-electron chi connectivity index (χ1n) is 13.2. The lowest BCUT2D eigenvalue weighted by molar-refractivity contribution is 0.0159. The molecule has 2 N–H and O–H groups in total. The summed E-state index contributed by atoms with van der Waals surface area (Å²) >= 11 is 0. The van der Waals surface area contributed by atoms with Crippen LogP contribution in [0.4, 0.5) is 38.3 Å². The number of ether oxygens (including phenoxy) is 1. The summed E-state index contributed by atoms with van der Waals surface area (Å²) in [5.41, 5.74) is 2.09. The molecule has 0 unspecified atom stereocenters. The Morgan fingerprint density at radius 1 is 1.15 bits per heavy atom. The first kappa shape index (κ1) is 28.1. The normalized spacial score (nSPS) is 15.9. The zero-order valence-electron chi connectivity index (χ0n) is 24.0. The summed E-state index contributed by atoms with van der Waals surface area (Å²) in [5, 5.41) is 11.0. The van der Waals surface area contributed by atoms with Gasteiger partial charge < -0.3 is 25.2 Å². The molecule has 0 aliphatic carbocycles. The molecule has 1 amide bonds. The van der Waals surface area contributed by atoms with Gasteiger partial charge in [-0.2, -0.15) is 10.1 Å². The highest BCUT2D eigenvalue weighted by molar-refractivity contribution is 5.73. The Labute approximate surface area is 228 Å². The highest BCUT2D eigenvalue weighted by Gasteiger charge is 2.32. The average Bonchev–Trinajstić information content (AvgIpc) is 3.16. The molecule has 0 bridgehead atoms. The number of carbonyl (C=O) groups is 1. The Kier molecular flexibility index (Phi) is 7.94. The maximum absolute atomic E-state index is 14.3. The van der Waals surface area contributed by atoms with E-state index in [-0.39, 0.29) is 18.0 Å². The van der Waals surface area contributed by atoms with Crippen LogP contribution >= 0.6 is 0 Å². The molecule has 12 heteroatoms. The van der Waals surface area contributed by atoms with Gasteiger partial charge in [0.1, 0.15) is 17.2 Å². The number of hydrogen-bond donors (Lipinski definition) is 2. The molecule has 210 valence electrons. The fourth-order valence-corrected chi connectivity index (χ4v) is 4.43. The Bertz CT molecular complexity index is 1330. The van der Waals surface area contributed by atoms with Gasteiger partial charge in [-0.25, -0.2) is 19.2 Å². The van der Waals surface area contributed by atoms with E-state index in [4.69, 9.17) is 9.72 Å². The number of hydrogen-bond acceptors (Lipinski definition) is 9. The molecule has 0 spiro atoms. The second-order valence-electron chi connectivity index (χ2n) is 10.9.